The van der Waals surface area contributed by atoms with Crippen molar-refractivity contribution >= 4 is 23.5 Å². The molecule has 1 amide bonds. The number of methoxy groups -OCH3 is 2. The minimum absolute atomic E-state index is 0.0264. The Morgan fingerprint density at radius 3 is 1.53 bits per heavy atom. The van der Waals surface area contributed by atoms with Crippen LogP contribution in [0.25, 0.3) is 22.3 Å². The molecule has 0 unspecified atom stereocenters. The highest BCUT2D eigenvalue weighted by molar-refractivity contribution is 5.93. The molecule has 59 heavy (non-hydrogen) atoms. The highest BCUT2D eigenvalue weighted by atomic mass is 16.5. The second-order valence-corrected chi connectivity index (χ2v) is 14.2. The van der Waals surface area contributed by atoms with Gasteiger partial charge in [0.25, 0.3) is 5.91 Å². The van der Waals surface area contributed by atoms with Gasteiger partial charge in [0.15, 0.2) is 5.69 Å². The molecule has 2 aliphatic rings. The quantitative estimate of drug-likeness (QED) is 0.120. The number of carboxylic acids is 1. The van der Waals surface area contributed by atoms with Gasteiger partial charge in [-0.2, -0.15) is 0 Å². The van der Waals surface area contributed by atoms with Crippen molar-refractivity contribution in [1.82, 2.24) is 30.2 Å². The molecule has 4 aromatic heterocycles. The number of nitrogens with two attached hydrogens (primary N) is 2. The first-order valence-electron chi connectivity index (χ1n) is 19.6. The standard InChI is InChI=1S/C23H24N4O2.C13H11NO3.C10H15N3/c1-29-21-13-20(25-15-19(21)17-5-3-2-4-6-17)23(28)27-11-9-16(10-12-27)18-7-8-22(24)26-14-18;1-17-12-7-11(13(15)16)14-8-10(12)9-5-3-2-4-6-9;11-10-2-1-9(7-13-10)8-3-5-12-6-4-8/h2-8,13-16H,9-12H2,1H3,(H2,24,26);2-8H,1H3,(H,15,16);1-2,7-8,12H,3-6H2,(H2,11,13). The fourth-order valence-electron chi connectivity index (χ4n) is 7.16. The lowest BCUT2D eigenvalue weighted by molar-refractivity contribution is 0.0686. The molecular formula is C46H50N8O5. The van der Waals surface area contributed by atoms with Gasteiger partial charge in [-0.25, -0.2) is 19.7 Å². The van der Waals surface area contributed by atoms with E-state index in [9.17, 15) is 9.59 Å². The number of benzene rings is 2. The number of pyridine rings is 4. The van der Waals surface area contributed by atoms with Crippen LogP contribution in [0.1, 0.15) is 69.6 Å². The first-order valence-corrected chi connectivity index (χ1v) is 19.6. The smallest absolute Gasteiger partial charge is 0.354 e. The number of hydrogen-bond donors (Lipinski definition) is 4. The number of carbonyl (C=O) groups excluding carboxylic acids is 1. The molecular weight excluding hydrogens is 745 g/mol. The largest absolute Gasteiger partial charge is 0.496 e. The van der Waals surface area contributed by atoms with E-state index in [-0.39, 0.29) is 11.6 Å². The number of carboxylic acid groups (broad SMARTS) is 1. The van der Waals surface area contributed by atoms with E-state index in [4.69, 9.17) is 26.0 Å². The molecule has 6 heterocycles. The normalized spacial score (nSPS) is 14.2. The number of amides is 1. The predicted molar refractivity (Wildman–Crippen MR) is 229 cm³/mol. The van der Waals surface area contributed by atoms with Crippen LogP contribution in [0.15, 0.2) is 122 Å². The maximum Gasteiger partial charge on any atom is 0.354 e. The average molecular weight is 795 g/mol. The molecule has 2 aliphatic heterocycles. The third kappa shape index (κ3) is 11.2. The van der Waals surface area contributed by atoms with E-state index in [1.807, 2.05) is 96.2 Å². The molecule has 0 saturated carbocycles. The fourth-order valence-corrected chi connectivity index (χ4v) is 7.16. The molecule has 0 bridgehead atoms. The molecule has 13 nitrogen and oxygen atoms in total. The number of aromatic nitrogens is 4. The molecule has 0 spiro atoms. The second-order valence-electron chi connectivity index (χ2n) is 14.2. The Bertz CT molecular complexity index is 2260. The molecule has 304 valence electrons. The van der Waals surface area contributed by atoms with Crippen molar-refractivity contribution < 1.29 is 24.2 Å². The number of nitrogen functional groups attached to an aromatic ring is 2. The van der Waals surface area contributed by atoms with E-state index in [1.165, 1.54) is 43.3 Å². The van der Waals surface area contributed by atoms with Crippen molar-refractivity contribution in [1.29, 1.82) is 0 Å². The summed E-state index contributed by atoms with van der Waals surface area (Å²) in [6, 6.07) is 30.4. The topological polar surface area (TPSA) is 192 Å². The van der Waals surface area contributed by atoms with Gasteiger partial charge in [-0.05, 0) is 85.0 Å². The van der Waals surface area contributed by atoms with E-state index in [1.54, 1.807) is 19.4 Å². The number of nitrogens with zero attached hydrogens (tertiary/aromatic N) is 5. The van der Waals surface area contributed by atoms with E-state index in [0.717, 1.165) is 48.2 Å². The van der Waals surface area contributed by atoms with Gasteiger partial charge in [-0.3, -0.25) is 9.78 Å². The monoisotopic (exact) mass is 794 g/mol. The van der Waals surface area contributed by atoms with Crippen LogP contribution in [-0.2, 0) is 0 Å². The van der Waals surface area contributed by atoms with Gasteiger partial charge in [0.2, 0.25) is 0 Å². The van der Waals surface area contributed by atoms with Crippen molar-refractivity contribution in [3.8, 4) is 33.8 Å². The van der Waals surface area contributed by atoms with Crippen LogP contribution in [0.3, 0.4) is 0 Å². The Balaban J connectivity index is 0.000000165. The number of anilines is 2. The summed E-state index contributed by atoms with van der Waals surface area (Å²) in [5, 5.41) is 12.2. The van der Waals surface area contributed by atoms with Crippen molar-refractivity contribution in [3.05, 3.63) is 144 Å². The van der Waals surface area contributed by atoms with Crippen LogP contribution in [0.4, 0.5) is 11.6 Å². The zero-order valence-electron chi connectivity index (χ0n) is 33.3. The molecule has 0 aliphatic carbocycles. The van der Waals surface area contributed by atoms with Crippen LogP contribution >= 0.6 is 0 Å². The van der Waals surface area contributed by atoms with E-state index >= 15 is 0 Å². The van der Waals surface area contributed by atoms with Gasteiger partial charge in [0.05, 0.1) is 14.2 Å². The third-order valence-electron chi connectivity index (χ3n) is 10.5. The van der Waals surface area contributed by atoms with Gasteiger partial charge >= 0.3 is 5.97 Å². The molecule has 6 N–H and O–H groups in total. The Kier molecular flexibility index (Phi) is 14.5. The molecule has 0 radical (unpaired) electrons. The van der Waals surface area contributed by atoms with Gasteiger partial charge in [0, 0.05) is 61.1 Å². The van der Waals surface area contributed by atoms with E-state index in [2.05, 4.69) is 31.3 Å². The van der Waals surface area contributed by atoms with Crippen LogP contribution in [-0.4, -0.2) is 82.2 Å². The number of aromatic carboxylic acids is 1. The lowest BCUT2D eigenvalue weighted by atomic mass is 9.90. The van der Waals surface area contributed by atoms with Crippen molar-refractivity contribution in [2.45, 2.75) is 37.5 Å². The van der Waals surface area contributed by atoms with Crippen LogP contribution < -0.4 is 26.3 Å². The van der Waals surface area contributed by atoms with Crippen molar-refractivity contribution in [2.75, 3.05) is 51.9 Å². The summed E-state index contributed by atoms with van der Waals surface area (Å²) in [4.78, 5) is 42.3. The molecule has 2 fully saturated rings. The summed E-state index contributed by atoms with van der Waals surface area (Å²) in [6.45, 7) is 3.63. The Labute approximate surface area is 344 Å². The summed E-state index contributed by atoms with van der Waals surface area (Å²) in [6.07, 6.45) is 11.2. The fraction of sp³-hybridized carbons (Fsp3) is 0.261. The summed E-state index contributed by atoms with van der Waals surface area (Å²) in [5.41, 5.74) is 17.7. The SMILES string of the molecule is COc1cc(C(=O)N2CCC(c3ccc(N)nc3)CC2)ncc1-c1ccccc1.COc1cc(C(=O)O)ncc1-c1ccccc1.Nc1ccc(C2CCNCC2)cn1. The second kappa shape index (κ2) is 20.5. The van der Waals surface area contributed by atoms with Crippen LogP contribution in [0.2, 0.25) is 0 Å². The lowest BCUT2D eigenvalue weighted by Crippen LogP contribution is -2.38. The molecule has 2 saturated heterocycles. The average Bonchev–Trinajstić information content (AvgIpc) is 3.30. The minimum atomic E-state index is -1.07. The molecule has 2 aromatic carbocycles. The summed E-state index contributed by atoms with van der Waals surface area (Å²) in [5.74, 6) is 2.24. The predicted octanol–water partition coefficient (Wildman–Crippen LogP) is 7.34. The molecule has 13 heteroatoms. The third-order valence-corrected chi connectivity index (χ3v) is 10.5. The highest BCUT2D eigenvalue weighted by Crippen LogP contribution is 2.32. The van der Waals surface area contributed by atoms with Gasteiger partial charge in [0.1, 0.15) is 28.8 Å². The number of ether oxygens (including phenoxy) is 2. The number of rotatable bonds is 8. The molecule has 0 atom stereocenters. The summed E-state index contributed by atoms with van der Waals surface area (Å²) < 4.78 is 10.7. The highest BCUT2D eigenvalue weighted by Gasteiger charge is 2.26. The lowest BCUT2D eigenvalue weighted by Gasteiger charge is -2.32. The van der Waals surface area contributed by atoms with Gasteiger partial charge < -0.3 is 36.3 Å². The summed E-state index contributed by atoms with van der Waals surface area (Å²) in [7, 11) is 3.12. The van der Waals surface area contributed by atoms with E-state index in [0.29, 0.717) is 53.8 Å². The Hall–Kier alpha value is -6.86. The maximum absolute atomic E-state index is 13.0. The Morgan fingerprint density at radius 2 is 1.08 bits per heavy atom. The van der Waals surface area contributed by atoms with Gasteiger partial charge in [-0.15, -0.1) is 0 Å². The Morgan fingerprint density at radius 1 is 0.627 bits per heavy atom. The van der Waals surface area contributed by atoms with E-state index < -0.39 is 5.97 Å². The zero-order valence-corrected chi connectivity index (χ0v) is 33.3. The zero-order chi connectivity index (χ0) is 41.6. The first-order chi connectivity index (χ1) is 28.7. The van der Waals surface area contributed by atoms with Crippen molar-refractivity contribution in [3.63, 3.8) is 0 Å². The van der Waals surface area contributed by atoms with Gasteiger partial charge in [-0.1, -0.05) is 72.8 Å². The number of piperidine rings is 2. The first kappa shape index (κ1) is 41.8. The molecule has 6 aromatic rings. The maximum atomic E-state index is 13.0. The van der Waals surface area contributed by atoms with Crippen LogP contribution in [0, 0.1) is 0 Å². The number of carbonyl (C=O) groups is 2. The summed E-state index contributed by atoms with van der Waals surface area (Å²) >= 11 is 0. The van der Waals surface area contributed by atoms with Crippen LogP contribution in [0.5, 0.6) is 11.5 Å². The van der Waals surface area contributed by atoms with Crippen molar-refractivity contribution in [2.24, 2.45) is 0 Å². The number of hydrogen-bond acceptors (Lipinski definition) is 11. The number of likely N-dealkylation sites (tertiary alicyclic amines) is 1. The number of nitrogens with one attached hydrogen (secondary N) is 1. The minimum Gasteiger partial charge on any atom is -0.496 e. The molecule has 8 rings (SSSR count).